The largest absolute Gasteiger partial charge is 0.353 e. The van der Waals surface area contributed by atoms with E-state index in [1.165, 1.54) is 27.8 Å². The Labute approximate surface area is 179 Å². The van der Waals surface area contributed by atoms with E-state index in [0.29, 0.717) is 38.3 Å². The van der Waals surface area contributed by atoms with Crippen molar-refractivity contribution in [3.8, 4) is 0 Å². The maximum absolute atomic E-state index is 13.0. The van der Waals surface area contributed by atoms with Gasteiger partial charge in [-0.2, -0.15) is 4.31 Å². The number of piperazine rings is 1. The molecular formula is C20H21N5O3S2. The lowest BCUT2D eigenvalue weighted by molar-refractivity contribution is -0.115. The van der Waals surface area contributed by atoms with Crippen molar-refractivity contribution in [2.45, 2.75) is 11.3 Å². The van der Waals surface area contributed by atoms with Gasteiger partial charge in [-0.25, -0.2) is 13.4 Å². The van der Waals surface area contributed by atoms with Crippen LogP contribution in [0.5, 0.6) is 0 Å². The molecule has 3 aromatic rings. The van der Waals surface area contributed by atoms with Crippen LogP contribution in [0.25, 0.3) is 0 Å². The Morgan fingerprint density at radius 3 is 2.47 bits per heavy atom. The smallest absolute Gasteiger partial charge is 0.243 e. The molecule has 1 amide bonds. The quantitative estimate of drug-likeness (QED) is 0.628. The standard InChI is InChI=1S/C20H21N5O3S2/c26-20(14-17-2-1-13-29-17)23-16-3-5-18(6-4-16)30(27,28)25-11-9-24(10-12-25)19-15-21-7-8-22-19/h1-8,13,15H,9-12,14H2,(H,23,26). The maximum Gasteiger partial charge on any atom is 0.243 e. The van der Waals surface area contributed by atoms with Crippen LogP contribution in [0, 0.1) is 0 Å². The van der Waals surface area contributed by atoms with E-state index in [1.54, 1.807) is 30.7 Å². The molecule has 4 rings (SSSR count). The summed E-state index contributed by atoms with van der Waals surface area (Å²) >= 11 is 1.53. The molecule has 2 aromatic heterocycles. The number of rotatable bonds is 6. The number of sulfonamides is 1. The van der Waals surface area contributed by atoms with Crippen LogP contribution in [-0.2, 0) is 21.2 Å². The van der Waals surface area contributed by atoms with Crippen molar-refractivity contribution in [3.05, 3.63) is 65.2 Å². The monoisotopic (exact) mass is 443 g/mol. The highest BCUT2D eigenvalue weighted by molar-refractivity contribution is 7.89. The van der Waals surface area contributed by atoms with Gasteiger partial charge >= 0.3 is 0 Å². The van der Waals surface area contributed by atoms with Crippen molar-refractivity contribution < 1.29 is 13.2 Å². The van der Waals surface area contributed by atoms with E-state index >= 15 is 0 Å². The topological polar surface area (TPSA) is 95.5 Å². The molecule has 0 saturated carbocycles. The van der Waals surface area contributed by atoms with Gasteiger partial charge in [-0.1, -0.05) is 6.07 Å². The fourth-order valence-corrected chi connectivity index (χ4v) is 5.37. The van der Waals surface area contributed by atoms with E-state index in [4.69, 9.17) is 0 Å². The second kappa shape index (κ2) is 8.90. The summed E-state index contributed by atoms with van der Waals surface area (Å²) in [5.41, 5.74) is 0.572. The highest BCUT2D eigenvalue weighted by Crippen LogP contribution is 2.21. The number of benzene rings is 1. The van der Waals surface area contributed by atoms with Gasteiger partial charge < -0.3 is 10.2 Å². The number of hydrogen-bond acceptors (Lipinski definition) is 7. The third-order valence-corrected chi connectivity index (χ3v) is 7.59. The average Bonchev–Trinajstić information content (AvgIpc) is 3.28. The third-order valence-electron chi connectivity index (χ3n) is 4.80. The Hall–Kier alpha value is -2.82. The molecule has 8 nitrogen and oxygen atoms in total. The minimum absolute atomic E-state index is 0.131. The number of thiophene rings is 1. The van der Waals surface area contributed by atoms with E-state index in [0.717, 1.165) is 10.7 Å². The molecule has 30 heavy (non-hydrogen) atoms. The van der Waals surface area contributed by atoms with Crippen LogP contribution >= 0.6 is 11.3 Å². The van der Waals surface area contributed by atoms with Gasteiger partial charge in [-0.05, 0) is 35.7 Å². The van der Waals surface area contributed by atoms with E-state index in [-0.39, 0.29) is 10.8 Å². The second-order valence-corrected chi connectivity index (χ2v) is 9.75. The summed E-state index contributed by atoms with van der Waals surface area (Å²) in [5.74, 6) is 0.616. The number of anilines is 2. The van der Waals surface area contributed by atoms with E-state index in [9.17, 15) is 13.2 Å². The Morgan fingerprint density at radius 2 is 1.83 bits per heavy atom. The molecule has 1 aliphatic rings. The first-order valence-corrected chi connectivity index (χ1v) is 11.8. The van der Waals surface area contributed by atoms with Gasteiger partial charge in [0.15, 0.2) is 0 Å². The SMILES string of the molecule is O=C(Cc1cccs1)Nc1ccc(S(=O)(=O)N2CCN(c3cnccn3)CC2)cc1. The minimum Gasteiger partial charge on any atom is -0.353 e. The van der Waals surface area contributed by atoms with E-state index in [2.05, 4.69) is 15.3 Å². The lowest BCUT2D eigenvalue weighted by atomic mass is 10.3. The molecule has 0 spiro atoms. The van der Waals surface area contributed by atoms with Gasteiger partial charge in [-0.3, -0.25) is 9.78 Å². The molecule has 0 aliphatic carbocycles. The Morgan fingerprint density at radius 1 is 1.07 bits per heavy atom. The predicted molar refractivity (Wildman–Crippen MR) is 116 cm³/mol. The first-order chi connectivity index (χ1) is 14.5. The Balaban J connectivity index is 1.37. The average molecular weight is 444 g/mol. The lowest BCUT2D eigenvalue weighted by Gasteiger charge is -2.34. The normalized spacial score (nSPS) is 15.1. The summed E-state index contributed by atoms with van der Waals surface area (Å²) in [6.45, 7) is 1.85. The number of nitrogens with zero attached hydrogens (tertiary/aromatic N) is 4. The molecule has 1 fully saturated rings. The highest BCUT2D eigenvalue weighted by Gasteiger charge is 2.29. The molecule has 0 radical (unpaired) electrons. The molecule has 0 bridgehead atoms. The van der Waals surface area contributed by atoms with Gasteiger partial charge in [0, 0.05) is 49.1 Å². The fraction of sp³-hybridized carbons (Fsp3) is 0.250. The van der Waals surface area contributed by atoms with Crippen LogP contribution in [-0.4, -0.2) is 54.8 Å². The van der Waals surface area contributed by atoms with Gasteiger partial charge in [0.1, 0.15) is 5.82 Å². The molecule has 1 N–H and O–H groups in total. The summed E-state index contributed by atoms with van der Waals surface area (Å²) in [5, 5.41) is 4.73. The van der Waals surface area contributed by atoms with Gasteiger partial charge in [0.25, 0.3) is 0 Å². The molecule has 10 heteroatoms. The zero-order valence-electron chi connectivity index (χ0n) is 16.1. The summed E-state index contributed by atoms with van der Waals surface area (Å²) in [6.07, 6.45) is 5.21. The number of aromatic nitrogens is 2. The summed E-state index contributed by atoms with van der Waals surface area (Å²) in [7, 11) is -3.59. The predicted octanol–water partition coefficient (Wildman–Crippen LogP) is 2.23. The molecule has 1 aromatic carbocycles. The summed E-state index contributed by atoms with van der Waals surface area (Å²) in [4.78, 5) is 23.6. The zero-order valence-corrected chi connectivity index (χ0v) is 17.8. The zero-order chi connectivity index (χ0) is 21.0. The van der Waals surface area contributed by atoms with E-state index < -0.39 is 10.0 Å². The molecule has 3 heterocycles. The van der Waals surface area contributed by atoms with Crippen molar-refractivity contribution in [2.24, 2.45) is 0 Å². The molecule has 156 valence electrons. The molecule has 1 aliphatic heterocycles. The molecule has 1 saturated heterocycles. The summed E-state index contributed by atoms with van der Waals surface area (Å²) in [6, 6.07) is 10.1. The van der Waals surface area contributed by atoms with Crippen LogP contribution in [0.4, 0.5) is 11.5 Å². The van der Waals surface area contributed by atoms with E-state index in [1.807, 2.05) is 22.4 Å². The Kier molecular flexibility index (Phi) is 6.07. The number of nitrogens with one attached hydrogen (secondary N) is 1. The van der Waals surface area contributed by atoms with Gasteiger partial charge in [-0.15, -0.1) is 11.3 Å². The number of carbonyl (C=O) groups excluding carboxylic acids is 1. The first kappa shape index (κ1) is 20.5. The fourth-order valence-electron chi connectivity index (χ4n) is 3.25. The minimum atomic E-state index is -3.59. The van der Waals surface area contributed by atoms with Crippen molar-refractivity contribution in [1.29, 1.82) is 0 Å². The second-order valence-electron chi connectivity index (χ2n) is 6.78. The Bertz CT molecular complexity index is 1080. The summed E-state index contributed by atoms with van der Waals surface area (Å²) < 4.78 is 27.4. The molecular weight excluding hydrogens is 422 g/mol. The van der Waals surface area contributed by atoms with Gasteiger partial charge in [0.2, 0.25) is 15.9 Å². The van der Waals surface area contributed by atoms with Crippen molar-refractivity contribution in [3.63, 3.8) is 0 Å². The molecule has 0 unspecified atom stereocenters. The van der Waals surface area contributed by atoms with Crippen LogP contribution in [0.1, 0.15) is 4.88 Å². The van der Waals surface area contributed by atoms with Crippen LogP contribution in [0.2, 0.25) is 0 Å². The van der Waals surface area contributed by atoms with Crippen LogP contribution < -0.4 is 10.2 Å². The van der Waals surface area contributed by atoms with Crippen molar-refractivity contribution >= 4 is 38.8 Å². The highest BCUT2D eigenvalue weighted by atomic mass is 32.2. The molecule has 0 atom stereocenters. The first-order valence-electron chi connectivity index (χ1n) is 9.46. The third kappa shape index (κ3) is 4.66. The van der Waals surface area contributed by atoms with Crippen LogP contribution in [0.3, 0.4) is 0 Å². The number of hydrogen-bond donors (Lipinski definition) is 1. The van der Waals surface area contributed by atoms with Gasteiger partial charge in [0.05, 0.1) is 17.5 Å². The lowest BCUT2D eigenvalue weighted by Crippen LogP contribution is -2.48. The number of carbonyl (C=O) groups is 1. The van der Waals surface area contributed by atoms with Crippen LogP contribution in [0.15, 0.2) is 65.3 Å². The maximum atomic E-state index is 13.0. The van der Waals surface area contributed by atoms with Crippen molar-refractivity contribution in [2.75, 3.05) is 36.4 Å². The number of amides is 1. The van der Waals surface area contributed by atoms with Crippen molar-refractivity contribution in [1.82, 2.24) is 14.3 Å².